The van der Waals surface area contributed by atoms with E-state index in [9.17, 15) is 9.59 Å². The fraction of sp³-hybridized carbons (Fsp3) is 0.818. The number of amides is 2. The summed E-state index contributed by atoms with van der Waals surface area (Å²) in [5, 5.41) is 0.687. The van der Waals surface area contributed by atoms with Gasteiger partial charge in [-0.05, 0) is 6.42 Å². The number of unbranched alkanes of at least 4 members (excludes halogenated alkanes) is 1. The van der Waals surface area contributed by atoms with Crippen molar-refractivity contribution in [1.29, 1.82) is 0 Å². The van der Waals surface area contributed by atoms with Crippen molar-refractivity contribution in [2.75, 3.05) is 26.6 Å². The lowest BCUT2D eigenvalue weighted by Gasteiger charge is -2.23. The Morgan fingerprint density at radius 2 is 1.54 bits per heavy atom. The molecule has 24 heavy (non-hydrogen) atoms. The number of carbonyl (C=O) groups is 2. The number of alkyl halides is 6. The van der Waals surface area contributed by atoms with Crippen LogP contribution in [-0.2, 0) is 14.2 Å². The van der Waals surface area contributed by atoms with E-state index in [0.717, 1.165) is 12.8 Å². The first-order chi connectivity index (χ1) is 10.9. The minimum atomic E-state index is -1.81. The summed E-state index contributed by atoms with van der Waals surface area (Å²) < 4.78 is 11.0. The molecule has 0 rings (SSSR count). The highest BCUT2D eigenvalue weighted by Crippen LogP contribution is 2.26. The Morgan fingerprint density at radius 3 is 2.04 bits per heavy atom. The summed E-state index contributed by atoms with van der Waals surface area (Å²) >= 11 is 32.8. The lowest BCUT2D eigenvalue weighted by molar-refractivity contribution is -0.00535. The first-order valence-corrected chi connectivity index (χ1v) is 8.80. The van der Waals surface area contributed by atoms with Crippen LogP contribution >= 0.6 is 69.6 Å². The molecule has 0 bridgehead atoms. The fourth-order valence-electron chi connectivity index (χ4n) is 1.04. The number of hydrazine groups is 1. The van der Waals surface area contributed by atoms with Gasteiger partial charge in [0.05, 0.1) is 0 Å². The van der Waals surface area contributed by atoms with Crippen molar-refractivity contribution < 1.29 is 23.8 Å². The van der Waals surface area contributed by atoms with Crippen LogP contribution < -0.4 is 5.43 Å². The Morgan fingerprint density at radius 1 is 1.00 bits per heavy atom. The van der Waals surface area contributed by atoms with Gasteiger partial charge in [0.1, 0.15) is 19.9 Å². The molecule has 0 aliphatic carbocycles. The van der Waals surface area contributed by atoms with Crippen molar-refractivity contribution in [2.45, 2.75) is 27.4 Å². The average molecular weight is 469 g/mol. The molecule has 7 nitrogen and oxygen atoms in total. The van der Waals surface area contributed by atoms with E-state index in [0.29, 0.717) is 11.6 Å². The van der Waals surface area contributed by atoms with Gasteiger partial charge in [0.15, 0.2) is 0 Å². The molecular formula is C11H16Cl6N2O5. The van der Waals surface area contributed by atoms with Crippen LogP contribution in [0.15, 0.2) is 0 Å². The van der Waals surface area contributed by atoms with Crippen molar-refractivity contribution >= 4 is 81.8 Å². The zero-order valence-corrected chi connectivity index (χ0v) is 17.0. The first kappa shape index (κ1) is 24.2. The molecule has 0 fully saturated rings. The Kier molecular flexibility index (Phi) is 11.9. The topological polar surface area (TPSA) is 77.1 Å². The molecule has 1 N–H and O–H groups in total. The molecule has 0 aromatic heterocycles. The van der Waals surface area contributed by atoms with E-state index in [2.05, 4.69) is 10.2 Å². The maximum atomic E-state index is 11.9. The Balaban J connectivity index is 4.55. The van der Waals surface area contributed by atoms with Crippen molar-refractivity contribution in [1.82, 2.24) is 10.4 Å². The van der Waals surface area contributed by atoms with E-state index >= 15 is 0 Å². The fourth-order valence-corrected chi connectivity index (χ4v) is 1.37. The zero-order chi connectivity index (χ0) is 18.8. The van der Waals surface area contributed by atoms with E-state index < -0.39 is 33.0 Å². The third-order valence-electron chi connectivity index (χ3n) is 2.04. The summed E-state index contributed by atoms with van der Waals surface area (Å²) in [6, 6.07) is 0. The summed E-state index contributed by atoms with van der Waals surface area (Å²) in [5.74, 6) is 0. The molecule has 0 atom stereocenters. The number of nitrogens with one attached hydrogen (secondary N) is 1. The molecule has 2 amide bonds. The summed E-state index contributed by atoms with van der Waals surface area (Å²) in [4.78, 5) is 23.5. The number of rotatable bonds is 7. The van der Waals surface area contributed by atoms with Crippen molar-refractivity contribution in [3.8, 4) is 0 Å². The van der Waals surface area contributed by atoms with Crippen LogP contribution in [0.3, 0.4) is 0 Å². The van der Waals surface area contributed by atoms with Crippen molar-refractivity contribution in [2.24, 2.45) is 0 Å². The zero-order valence-electron chi connectivity index (χ0n) is 12.5. The molecule has 0 saturated carbocycles. The second-order valence-corrected chi connectivity index (χ2v) is 9.32. The van der Waals surface area contributed by atoms with E-state index in [4.69, 9.17) is 79.1 Å². The summed E-state index contributed by atoms with van der Waals surface area (Å²) in [7, 11) is 0. The molecule has 0 unspecified atom stereocenters. The van der Waals surface area contributed by atoms with Crippen LogP contribution in [0.2, 0.25) is 0 Å². The van der Waals surface area contributed by atoms with Gasteiger partial charge in [0, 0.05) is 6.61 Å². The standard InChI is InChI=1S/C11H16Cl6N2O5/c1-2-3-4-22-7-19(9(21)24-6-11(15,16)17)18-8(20)23-5-10(12,13)14/h2-7H2,1H3,(H,18,20). The SMILES string of the molecule is CCCCOCN(NC(=O)OCC(Cl)(Cl)Cl)C(=O)OCC(Cl)(Cl)Cl. The van der Waals surface area contributed by atoms with E-state index in [1.165, 1.54) is 0 Å². The molecule has 0 aliphatic rings. The predicted molar refractivity (Wildman–Crippen MR) is 94.0 cm³/mol. The number of hydrogen-bond acceptors (Lipinski definition) is 5. The van der Waals surface area contributed by atoms with Gasteiger partial charge in [-0.2, -0.15) is 5.01 Å². The van der Waals surface area contributed by atoms with Crippen LogP contribution in [0.4, 0.5) is 9.59 Å². The molecule has 0 aromatic rings. The van der Waals surface area contributed by atoms with E-state index in [-0.39, 0.29) is 6.73 Å². The molecule has 142 valence electrons. The number of carbonyl (C=O) groups excluding carboxylic acids is 2. The largest absolute Gasteiger partial charge is 0.444 e. The minimum Gasteiger partial charge on any atom is -0.444 e. The normalized spacial score (nSPS) is 11.8. The third kappa shape index (κ3) is 14.6. The number of halogens is 6. The van der Waals surface area contributed by atoms with Crippen LogP contribution in [0, 0.1) is 0 Å². The van der Waals surface area contributed by atoms with Gasteiger partial charge >= 0.3 is 12.2 Å². The van der Waals surface area contributed by atoms with Crippen LogP contribution in [-0.4, -0.2) is 51.3 Å². The Hall–Kier alpha value is 0.240. The highest BCUT2D eigenvalue weighted by atomic mass is 35.6. The lowest BCUT2D eigenvalue weighted by atomic mass is 10.4. The van der Waals surface area contributed by atoms with Gasteiger partial charge in [0.25, 0.3) is 0 Å². The molecule has 0 aromatic carbocycles. The van der Waals surface area contributed by atoms with Gasteiger partial charge in [-0.15, -0.1) is 0 Å². The van der Waals surface area contributed by atoms with E-state index in [1.54, 1.807) is 0 Å². The Bertz CT molecular complexity index is 401. The van der Waals surface area contributed by atoms with Crippen molar-refractivity contribution in [3.63, 3.8) is 0 Å². The van der Waals surface area contributed by atoms with Gasteiger partial charge in [-0.25, -0.2) is 15.0 Å². The molecule has 0 heterocycles. The summed E-state index contributed by atoms with van der Waals surface area (Å²) in [6.07, 6.45) is -0.444. The second kappa shape index (κ2) is 11.8. The van der Waals surface area contributed by atoms with Gasteiger partial charge in [0.2, 0.25) is 7.59 Å². The Labute approximate surface area is 169 Å². The molecular weight excluding hydrogens is 453 g/mol. The molecule has 0 saturated heterocycles. The highest BCUT2D eigenvalue weighted by Gasteiger charge is 2.27. The number of ether oxygens (including phenoxy) is 3. The monoisotopic (exact) mass is 466 g/mol. The van der Waals surface area contributed by atoms with E-state index in [1.807, 2.05) is 6.92 Å². The molecule has 13 heteroatoms. The molecule has 0 spiro atoms. The van der Waals surface area contributed by atoms with Crippen LogP contribution in [0.25, 0.3) is 0 Å². The van der Waals surface area contributed by atoms with Crippen molar-refractivity contribution in [3.05, 3.63) is 0 Å². The first-order valence-electron chi connectivity index (χ1n) is 6.53. The number of nitrogens with zero attached hydrogens (tertiary/aromatic N) is 1. The third-order valence-corrected chi connectivity index (χ3v) is 2.69. The minimum absolute atomic E-state index is 0.318. The smallest absolute Gasteiger partial charge is 0.431 e. The van der Waals surface area contributed by atoms with Crippen LogP contribution in [0.1, 0.15) is 19.8 Å². The van der Waals surface area contributed by atoms with Gasteiger partial charge in [-0.3, -0.25) is 0 Å². The van der Waals surface area contributed by atoms with Crippen LogP contribution in [0.5, 0.6) is 0 Å². The number of hydrogen-bond donors (Lipinski definition) is 1. The maximum absolute atomic E-state index is 11.9. The maximum Gasteiger partial charge on any atom is 0.431 e. The highest BCUT2D eigenvalue weighted by molar-refractivity contribution is 6.68. The summed E-state index contributed by atoms with van der Waals surface area (Å²) in [6.45, 7) is 0.934. The average Bonchev–Trinajstić information content (AvgIpc) is 2.44. The summed E-state index contributed by atoms with van der Waals surface area (Å²) in [5.41, 5.74) is 2.07. The van der Waals surface area contributed by atoms with Gasteiger partial charge < -0.3 is 14.2 Å². The second-order valence-electron chi connectivity index (χ2n) is 4.29. The quantitative estimate of drug-likeness (QED) is 0.256. The predicted octanol–water partition coefficient (Wildman–Crippen LogP) is 4.58. The van der Waals surface area contributed by atoms with Gasteiger partial charge in [-0.1, -0.05) is 83.0 Å². The molecule has 0 aliphatic heterocycles. The lowest BCUT2D eigenvalue weighted by Crippen LogP contribution is -2.48. The molecule has 0 radical (unpaired) electrons.